The second kappa shape index (κ2) is 4.89. The van der Waals surface area contributed by atoms with E-state index in [1.54, 1.807) is 4.68 Å². The predicted octanol–water partition coefficient (Wildman–Crippen LogP) is 2.23. The molecule has 5 heteroatoms. The number of rotatable bonds is 2. The third kappa shape index (κ3) is 1.90. The molecule has 0 aliphatic carbocycles. The monoisotopic (exact) mass is 267 g/mol. The molecule has 1 aromatic carbocycles. The Morgan fingerprint density at radius 1 is 1.25 bits per heavy atom. The molecule has 1 aromatic heterocycles. The van der Waals surface area contributed by atoms with Crippen molar-refractivity contribution in [2.45, 2.75) is 19.8 Å². The molecule has 1 aliphatic rings. The Labute approximate surface area is 118 Å². The Morgan fingerprint density at radius 3 is 2.60 bits per heavy atom. The molecule has 0 amide bonds. The van der Waals surface area contributed by atoms with Crippen LogP contribution in [-0.4, -0.2) is 22.9 Å². The number of anilines is 2. The van der Waals surface area contributed by atoms with Crippen LogP contribution in [0.2, 0.25) is 0 Å². The van der Waals surface area contributed by atoms with Gasteiger partial charge < -0.3 is 10.6 Å². The second-order valence-electron chi connectivity index (χ2n) is 5.09. The second-order valence-corrected chi connectivity index (χ2v) is 5.09. The molecule has 0 unspecified atom stereocenters. The Kier molecular flexibility index (Phi) is 3.07. The summed E-state index contributed by atoms with van der Waals surface area (Å²) in [7, 11) is 0. The lowest BCUT2D eigenvalue weighted by Gasteiger charge is -2.13. The van der Waals surface area contributed by atoms with Gasteiger partial charge in [-0.2, -0.15) is 5.26 Å². The fraction of sp³-hybridized carbons (Fsp3) is 0.333. The van der Waals surface area contributed by atoms with E-state index in [0.29, 0.717) is 17.2 Å². The van der Waals surface area contributed by atoms with Crippen molar-refractivity contribution in [3.63, 3.8) is 0 Å². The number of nitrogens with two attached hydrogens (primary N) is 1. The molecule has 2 aromatic rings. The van der Waals surface area contributed by atoms with Crippen LogP contribution in [0.4, 0.5) is 11.6 Å². The number of nitrogen functional groups attached to an aromatic ring is 1. The van der Waals surface area contributed by atoms with E-state index in [2.05, 4.69) is 16.1 Å². The van der Waals surface area contributed by atoms with E-state index in [1.165, 1.54) is 0 Å². The maximum Gasteiger partial charge on any atom is 0.171 e. The van der Waals surface area contributed by atoms with Crippen molar-refractivity contribution in [1.29, 1.82) is 5.26 Å². The minimum atomic E-state index is 0.420. The normalized spacial score (nSPS) is 14.5. The van der Waals surface area contributed by atoms with E-state index in [-0.39, 0.29) is 0 Å². The highest BCUT2D eigenvalue weighted by molar-refractivity contribution is 5.67. The fourth-order valence-corrected chi connectivity index (χ4v) is 2.66. The summed E-state index contributed by atoms with van der Waals surface area (Å²) in [6, 6.07) is 10.1. The zero-order valence-electron chi connectivity index (χ0n) is 11.5. The highest BCUT2D eigenvalue weighted by atomic mass is 15.4. The van der Waals surface area contributed by atoms with E-state index in [9.17, 15) is 5.26 Å². The molecule has 2 heterocycles. The number of para-hydroxylation sites is 1. The lowest BCUT2D eigenvalue weighted by molar-refractivity contribution is 0.845. The first-order chi connectivity index (χ1) is 9.72. The van der Waals surface area contributed by atoms with E-state index >= 15 is 0 Å². The SMILES string of the molecule is Cc1ccccc1-n1nc(N2CCCC2)c(C#N)c1N. The van der Waals surface area contributed by atoms with Gasteiger partial charge in [0.2, 0.25) is 0 Å². The van der Waals surface area contributed by atoms with Crippen LogP contribution in [0.5, 0.6) is 0 Å². The van der Waals surface area contributed by atoms with Gasteiger partial charge in [0, 0.05) is 13.1 Å². The number of nitriles is 1. The van der Waals surface area contributed by atoms with Crippen LogP contribution < -0.4 is 10.6 Å². The van der Waals surface area contributed by atoms with E-state index in [1.807, 2.05) is 31.2 Å². The molecule has 0 bridgehead atoms. The highest BCUT2D eigenvalue weighted by Gasteiger charge is 2.24. The van der Waals surface area contributed by atoms with Crippen LogP contribution in [0, 0.1) is 18.3 Å². The van der Waals surface area contributed by atoms with Gasteiger partial charge in [-0.25, -0.2) is 4.68 Å². The molecule has 1 saturated heterocycles. The fourth-order valence-electron chi connectivity index (χ4n) is 2.66. The molecule has 1 aliphatic heterocycles. The molecule has 20 heavy (non-hydrogen) atoms. The van der Waals surface area contributed by atoms with Crippen LogP contribution in [0.15, 0.2) is 24.3 Å². The Balaban J connectivity index is 2.14. The number of benzene rings is 1. The summed E-state index contributed by atoms with van der Waals surface area (Å²) >= 11 is 0. The van der Waals surface area contributed by atoms with E-state index in [4.69, 9.17) is 5.73 Å². The third-order valence-corrected chi connectivity index (χ3v) is 3.76. The molecular weight excluding hydrogens is 250 g/mol. The summed E-state index contributed by atoms with van der Waals surface area (Å²) in [6.45, 7) is 3.90. The van der Waals surface area contributed by atoms with Crippen LogP contribution in [0.3, 0.4) is 0 Å². The van der Waals surface area contributed by atoms with Gasteiger partial charge in [-0.1, -0.05) is 18.2 Å². The van der Waals surface area contributed by atoms with Gasteiger partial charge in [0.05, 0.1) is 5.69 Å². The maximum atomic E-state index is 9.38. The van der Waals surface area contributed by atoms with Crippen LogP contribution >= 0.6 is 0 Å². The topological polar surface area (TPSA) is 70.9 Å². The molecule has 5 nitrogen and oxygen atoms in total. The van der Waals surface area contributed by atoms with Gasteiger partial charge in [0.1, 0.15) is 17.5 Å². The van der Waals surface area contributed by atoms with Crippen LogP contribution in [0.25, 0.3) is 5.69 Å². The zero-order valence-corrected chi connectivity index (χ0v) is 11.5. The maximum absolute atomic E-state index is 9.38. The van der Waals surface area contributed by atoms with Gasteiger partial charge in [-0.15, -0.1) is 5.10 Å². The largest absolute Gasteiger partial charge is 0.382 e. The molecule has 102 valence electrons. The molecular formula is C15H17N5. The Hall–Kier alpha value is -2.48. The van der Waals surface area contributed by atoms with Crippen molar-refractivity contribution in [1.82, 2.24) is 9.78 Å². The molecule has 0 radical (unpaired) electrons. The first-order valence-corrected chi connectivity index (χ1v) is 6.82. The van der Waals surface area contributed by atoms with Crippen molar-refractivity contribution in [3.8, 4) is 11.8 Å². The summed E-state index contributed by atoms with van der Waals surface area (Å²) in [4.78, 5) is 2.14. The molecule has 1 fully saturated rings. The number of aromatic nitrogens is 2. The van der Waals surface area contributed by atoms with E-state index in [0.717, 1.165) is 37.2 Å². The standard InChI is InChI=1S/C15H17N5/c1-11-6-2-3-7-13(11)20-14(17)12(10-16)15(18-20)19-8-4-5-9-19/h2-3,6-7H,4-5,8-9,17H2,1H3. The zero-order chi connectivity index (χ0) is 14.1. The highest BCUT2D eigenvalue weighted by Crippen LogP contribution is 2.30. The Morgan fingerprint density at radius 2 is 1.95 bits per heavy atom. The predicted molar refractivity (Wildman–Crippen MR) is 78.9 cm³/mol. The molecule has 0 atom stereocenters. The van der Waals surface area contributed by atoms with E-state index < -0.39 is 0 Å². The Bertz CT molecular complexity index is 674. The summed E-state index contributed by atoms with van der Waals surface area (Å²) in [5, 5.41) is 14.0. The molecule has 2 N–H and O–H groups in total. The van der Waals surface area contributed by atoms with Gasteiger partial charge >= 0.3 is 0 Å². The smallest absolute Gasteiger partial charge is 0.171 e. The van der Waals surface area contributed by atoms with Crippen LogP contribution in [0.1, 0.15) is 24.0 Å². The average molecular weight is 267 g/mol. The first-order valence-electron chi connectivity index (χ1n) is 6.82. The lowest BCUT2D eigenvalue weighted by atomic mass is 10.2. The van der Waals surface area contributed by atoms with Crippen molar-refractivity contribution in [2.24, 2.45) is 0 Å². The summed E-state index contributed by atoms with van der Waals surface area (Å²) < 4.78 is 1.68. The molecule has 3 rings (SSSR count). The van der Waals surface area contributed by atoms with Crippen molar-refractivity contribution in [3.05, 3.63) is 35.4 Å². The van der Waals surface area contributed by atoms with Gasteiger partial charge in [-0.05, 0) is 31.4 Å². The summed E-state index contributed by atoms with van der Waals surface area (Å²) in [6.07, 6.45) is 2.28. The summed E-state index contributed by atoms with van der Waals surface area (Å²) in [5.41, 5.74) is 8.62. The van der Waals surface area contributed by atoms with Crippen molar-refractivity contribution in [2.75, 3.05) is 23.7 Å². The van der Waals surface area contributed by atoms with Crippen molar-refractivity contribution < 1.29 is 0 Å². The molecule has 0 spiro atoms. The summed E-state index contributed by atoms with van der Waals surface area (Å²) in [5.74, 6) is 1.13. The molecule has 0 saturated carbocycles. The number of aryl methyl sites for hydroxylation is 1. The quantitative estimate of drug-likeness (QED) is 0.905. The van der Waals surface area contributed by atoms with Gasteiger partial charge in [-0.3, -0.25) is 0 Å². The minimum absolute atomic E-state index is 0.420. The minimum Gasteiger partial charge on any atom is -0.382 e. The van der Waals surface area contributed by atoms with Crippen molar-refractivity contribution >= 4 is 11.6 Å². The van der Waals surface area contributed by atoms with Gasteiger partial charge in [0.25, 0.3) is 0 Å². The number of nitrogens with zero attached hydrogens (tertiary/aromatic N) is 4. The van der Waals surface area contributed by atoms with Crippen LogP contribution in [-0.2, 0) is 0 Å². The number of hydrogen-bond acceptors (Lipinski definition) is 4. The lowest BCUT2D eigenvalue weighted by Crippen LogP contribution is -2.19. The third-order valence-electron chi connectivity index (χ3n) is 3.76. The van der Waals surface area contributed by atoms with Gasteiger partial charge in [0.15, 0.2) is 5.82 Å². The first kappa shape index (κ1) is 12.5. The average Bonchev–Trinajstić information content (AvgIpc) is 3.07. The number of hydrogen-bond donors (Lipinski definition) is 1.